The summed E-state index contributed by atoms with van der Waals surface area (Å²) in [6.45, 7) is 5.68. The average Bonchev–Trinajstić information content (AvgIpc) is 3.16. The van der Waals surface area contributed by atoms with Gasteiger partial charge in [-0.25, -0.2) is 5.01 Å². The summed E-state index contributed by atoms with van der Waals surface area (Å²) in [6, 6.07) is 16.7. The minimum absolute atomic E-state index is 0.226. The fourth-order valence-corrected chi connectivity index (χ4v) is 5.01. The number of hydrazone groups is 1. The molecule has 0 saturated carbocycles. The van der Waals surface area contributed by atoms with Crippen LogP contribution < -0.4 is 9.64 Å². The monoisotopic (exact) mass is 382 g/mol. The number of nitrogens with zero attached hydrogens (tertiary/aromatic N) is 2. The van der Waals surface area contributed by atoms with E-state index in [1.165, 1.54) is 12.1 Å². The highest BCUT2D eigenvalue weighted by atomic mass is 35.5. The maximum absolute atomic E-state index is 6.65. The zero-order valence-corrected chi connectivity index (χ0v) is 16.4. The minimum Gasteiger partial charge on any atom is -0.466 e. The molecule has 1 N–H and O–H groups in total. The highest BCUT2D eigenvalue weighted by Crippen LogP contribution is 2.49. The number of quaternary nitrogens is 1. The van der Waals surface area contributed by atoms with E-state index in [0.717, 1.165) is 54.4 Å². The Kier molecular flexibility index (Phi) is 4.14. The Morgan fingerprint density at radius 3 is 2.67 bits per heavy atom. The van der Waals surface area contributed by atoms with Crippen LogP contribution in [0.4, 0.5) is 0 Å². The van der Waals surface area contributed by atoms with E-state index in [-0.39, 0.29) is 11.8 Å². The second-order valence-corrected chi connectivity index (χ2v) is 8.19. The zero-order valence-electron chi connectivity index (χ0n) is 15.6. The summed E-state index contributed by atoms with van der Waals surface area (Å²) in [6.07, 6.45) is 2.87. The summed E-state index contributed by atoms with van der Waals surface area (Å²) in [5.74, 6) is 1.02. The molecule has 5 rings (SSSR count). The maximum Gasteiger partial charge on any atom is 0.208 e. The van der Waals surface area contributed by atoms with Crippen LogP contribution in [-0.2, 0) is 0 Å². The van der Waals surface area contributed by atoms with Crippen molar-refractivity contribution in [2.45, 2.75) is 38.0 Å². The number of benzene rings is 2. The number of para-hydroxylation sites is 1. The average molecular weight is 383 g/mol. The SMILES string of the molecule is CC[NH+]1CCC2(CC1)Oc1ccccc1[C@H]1CC(c3ccccc3Cl)=NN12. The molecule has 0 bridgehead atoms. The number of hydrogen-bond donors (Lipinski definition) is 1. The van der Waals surface area contributed by atoms with Crippen LogP contribution in [-0.4, -0.2) is 36.1 Å². The van der Waals surface area contributed by atoms with Crippen LogP contribution in [0.3, 0.4) is 0 Å². The molecule has 27 heavy (non-hydrogen) atoms. The molecule has 3 aliphatic rings. The van der Waals surface area contributed by atoms with Gasteiger partial charge in [0.25, 0.3) is 0 Å². The van der Waals surface area contributed by atoms with Crippen LogP contribution in [0, 0.1) is 0 Å². The van der Waals surface area contributed by atoms with Gasteiger partial charge in [0.1, 0.15) is 5.75 Å². The largest absolute Gasteiger partial charge is 0.466 e. The van der Waals surface area contributed by atoms with Crippen molar-refractivity contribution < 1.29 is 9.64 Å². The Morgan fingerprint density at radius 2 is 1.89 bits per heavy atom. The lowest BCUT2D eigenvalue weighted by Gasteiger charge is -2.50. The highest BCUT2D eigenvalue weighted by Gasteiger charge is 2.52. The van der Waals surface area contributed by atoms with Gasteiger partial charge in [-0.3, -0.25) is 0 Å². The lowest BCUT2D eigenvalue weighted by molar-refractivity contribution is -0.906. The molecule has 140 valence electrons. The van der Waals surface area contributed by atoms with Gasteiger partial charge in [0, 0.05) is 22.6 Å². The van der Waals surface area contributed by atoms with Gasteiger partial charge >= 0.3 is 0 Å². The molecule has 2 aromatic rings. The van der Waals surface area contributed by atoms with E-state index in [1.54, 1.807) is 4.90 Å². The predicted molar refractivity (Wildman–Crippen MR) is 107 cm³/mol. The molecule has 0 aromatic heterocycles. The summed E-state index contributed by atoms with van der Waals surface area (Å²) < 4.78 is 6.65. The van der Waals surface area contributed by atoms with Crippen molar-refractivity contribution in [3.63, 3.8) is 0 Å². The first-order valence-corrected chi connectivity index (χ1v) is 10.3. The summed E-state index contributed by atoms with van der Waals surface area (Å²) in [7, 11) is 0. The molecule has 0 unspecified atom stereocenters. The van der Waals surface area contributed by atoms with E-state index in [2.05, 4.69) is 42.3 Å². The molecule has 5 heteroatoms. The Bertz CT molecular complexity index is 889. The number of nitrogens with one attached hydrogen (secondary N) is 1. The first kappa shape index (κ1) is 17.1. The van der Waals surface area contributed by atoms with Gasteiger partial charge in [0.05, 0.1) is 44.2 Å². The first-order chi connectivity index (χ1) is 13.2. The Morgan fingerprint density at radius 1 is 1.15 bits per heavy atom. The molecule has 1 atom stereocenters. The van der Waals surface area contributed by atoms with E-state index in [4.69, 9.17) is 21.4 Å². The molecular formula is C22H25ClN3O+. The van der Waals surface area contributed by atoms with Crippen molar-refractivity contribution in [1.82, 2.24) is 5.01 Å². The van der Waals surface area contributed by atoms with Crippen molar-refractivity contribution >= 4 is 17.3 Å². The fourth-order valence-electron chi connectivity index (χ4n) is 4.77. The van der Waals surface area contributed by atoms with Crippen molar-refractivity contribution in [1.29, 1.82) is 0 Å². The number of halogens is 1. The number of piperidine rings is 1. The van der Waals surface area contributed by atoms with E-state index in [1.807, 2.05) is 18.2 Å². The minimum atomic E-state index is -0.333. The summed E-state index contributed by atoms with van der Waals surface area (Å²) >= 11 is 6.48. The van der Waals surface area contributed by atoms with Gasteiger partial charge < -0.3 is 9.64 Å². The number of fused-ring (bicyclic) bond motifs is 4. The predicted octanol–water partition coefficient (Wildman–Crippen LogP) is 3.28. The van der Waals surface area contributed by atoms with Crippen LogP contribution in [0.25, 0.3) is 0 Å². The van der Waals surface area contributed by atoms with Gasteiger partial charge in [-0.05, 0) is 19.1 Å². The topological polar surface area (TPSA) is 29.3 Å². The summed E-state index contributed by atoms with van der Waals surface area (Å²) in [5, 5.41) is 8.13. The second kappa shape index (κ2) is 6.54. The molecule has 0 radical (unpaired) electrons. The van der Waals surface area contributed by atoms with E-state index in [0.29, 0.717) is 0 Å². The third-order valence-corrected chi connectivity index (χ3v) is 6.66. The van der Waals surface area contributed by atoms with Crippen LogP contribution in [0.15, 0.2) is 53.6 Å². The standard InChI is InChI=1S/C22H24ClN3O/c1-2-25-13-11-22(12-14-25)26-20(17-8-4-6-10-21(17)27-22)15-19(24-26)16-7-3-5-9-18(16)23/h3-10,20H,2,11-15H2,1H3/p+1/t20-/m1/s1. The van der Waals surface area contributed by atoms with E-state index >= 15 is 0 Å². The van der Waals surface area contributed by atoms with Crippen LogP contribution in [0.1, 0.15) is 43.4 Å². The van der Waals surface area contributed by atoms with Crippen molar-refractivity contribution in [3.05, 3.63) is 64.7 Å². The van der Waals surface area contributed by atoms with Crippen LogP contribution in [0.2, 0.25) is 5.02 Å². The summed E-state index contributed by atoms with van der Waals surface area (Å²) in [5.41, 5.74) is 3.01. The number of likely N-dealkylation sites (tertiary alicyclic amines) is 1. The molecule has 1 saturated heterocycles. The van der Waals surface area contributed by atoms with E-state index in [9.17, 15) is 0 Å². The Hall–Kier alpha value is -2.04. The van der Waals surface area contributed by atoms with Gasteiger partial charge in [-0.15, -0.1) is 0 Å². The molecule has 1 fully saturated rings. The Balaban J connectivity index is 1.57. The summed E-state index contributed by atoms with van der Waals surface area (Å²) in [4.78, 5) is 1.65. The lowest BCUT2D eigenvalue weighted by Crippen LogP contribution is -3.13. The van der Waals surface area contributed by atoms with Gasteiger partial charge in [-0.1, -0.05) is 48.0 Å². The molecular weight excluding hydrogens is 358 g/mol. The molecule has 3 heterocycles. The molecule has 3 aliphatic heterocycles. The maximum atomic E-state index is 6.65. The molecule has 0 aliphatic carbocycles. The van der Waals surface area contributed by atoms with Gasteiger partial charge in [-0.2, -0.15) is 5.10 Å². The molecule has 1 spiro atoms. The third kappa shape index (κ3) is 2.74. The van der Waals surface area contributed by atoms with Gasteiger partial charge in [0.2, 0.25) is 5.72 Å². The van der Waals surface area contributed by atoms with E-state index < -0.39 is 0 Å². The van der Waals surface area contributed by atoms with Crippen molar-refractivity contribution in [2.24, 2.45) is 5.10 Å². The number of hydrogen-bond acceptors (Lipinski definition) is 3. The smallest absolute Gasteiger partial charge is 0.208 e. The lowest BCUT2D eigenvalue weighted by atomic mass is 9.90. The molecule has 4 nitrogen and oxygen atoms in total. The van der Waals surface area contributed by atoms with Crippen molar-refractivity contribution in [3.8, 4) is 5.75 Å². The number of ether oxygens (including phenoxy) is 1. The van der Waals surface area contributed by atoms with Crippen LogP contribution in [0.5, 0.6) is 5.75 Å². The zero-order chi connectivity index (χ0) is 18.4. The highest BCUT2D eigenvalue weighted by molar-refractivity contribution is 6.34. The second-order valence-electron chi connectivity index (χ2n) is 7.78. The Labute approximate surface area is 165 Å². The normalized spacial score (nSPS) is 29.1. The van der Waals surface area contributed by atoms with Gasteiger partial charge in [0.15, 0.2) is 0 Å². The first-order valence-electron chi connectivity index (χ1n) is 9.93. The number of rotatable bonds is 2. The third-order valence-electron chi connectivity index (χ3n) is 6.33. The fraction of sp³-hybridized carbons (Fsp3) is 0.409. The molecule has 2 aromatic carbocycles. The van der Waals surface area contributed by atoms with Crippen molar-refractivity contribution in [2.75, 3.05) is 19.6 Å². The molecule has 0 amide bonds. The quantitative estimate of drug-likeness (QED) is 0.863. The van der Waals surface area contributed by atoms with Crippen LogP contribution >= 0.6 is 11.6 Å².